The highest BCUT2D eigenvalue weighted by atomic mass is 16.5. The lowest BCUT2D eigenvalue weighted by Crippen LogP contribution is -2.46. The number of methoxy groups -OCH3 is 1. The van der Waals surface area contributed by atoms with Gasteiger partial charge in [-0.15, -0.1) is 11.7 Å². The number of aliphatic hydroxyl groups excluding tert-OH is 1. The molecule has 0 radical (unpaired) electrons. The maximum Gasteiger partial charge on any atom is 0.264 e. The lowest BCUT2D eigenvalue weighted by atomic mass is 9.71. The normalized spacial score (nSPS) is 22.5. The van der Waals surface area contributed by atoms with Gasteiger partial charge in [-0.3, -0.25) is 14.3 Å². The van der Waals surface area contributed by atoms with E-state index >= 15 is 0 Å². The van der Waals surface area contributed by atoms with Crippen molar-refractivity contribution in [3.8, 4) is 5.75 Å². The molecular weight excluding hydrogens is 610 g/mol. The van der Waals surface area contributed by atoms with E-state index in [1.807, 2.05) is 43.3 Å². The Hall–Kier alpha value is -4.84. The van der Waals surface area contributed by atoms with Gasteiger partial charge in [-0.2, -0.15) is 0 Å². The summed E-state index contributed by atoms with van der Waals surface area (Å²) < 4.78 is 13.7. The molecule has 5 atom stereocenters. The van der Waals surface area contributed by atoms with Crippen LogP contribution in [-0.2, 0) is 21.7 Å². The third kappa shape index (κ3) is 5.89. The quantitative estimate of drug-likeness (QED) is 0.196. The SMILES string of the molecule is C=CCN1C(=O)[C@]2(O[C@H](CCn3cc([C@H](O)c4ccccc4)nn3)[C@@H](C(C)(C)O)[C@@H]2C)c2cc(NC(=O)c3ccc(OC)cc3)ccc21. The minimum atomic E-state index is -1.41. The molecule has 3 heterocycles. The molecule has 4 aromatic rings. The van der Waals surface area contributed by atoms with Gasteiger partial charge in [0.25, 0.3) is 11.8 Å². The fourth-order valence-corrected chi connectivity index (χ4v) is 7.29. The first kappa shape index (κ1) is 33.1. The van der Waals surface area contributed by atoms with Gasteiger partial charge in [-0.05, 0) is 68.3 Å². The Balaban J connectivity index is 1.29. The van der Waals surface area contributed by atoms with Gasteiger partial charge in [0.1, 0.15) is 17.5 Å². The zero-order valence-electron chi connectivity index (χ0n) is 27.5. The number of nitrogens with zero attached hydrogens (tertiary/aromatic N) is 4. The summed E-state index contributed by atoms with van der Waals surface area (Å²) in [5.41, 5.74) is 0.775. The first-order valence-electron chi connectivity index (χ1n) is 16.0. The number of hydrogen-bond donors (Lipinski definition) is 3. The zero-order valence-corrected chi connectivity index (χ0v) is 27.5. The van der Waals surface area contributed by atoms with Crippen LogP contribution in [0.25, 0.3) is 0 Å². The summed E-state index contributed by atoms with van der Waals surface area (Å²) in [5, 5.41) is 33.7. The average molecular weight is 652 g/mol. The maximum absolute atomic E-state index is 14.4. The van der Waals surface area contributed by atoms with Gasteiger partial charge in [0.05, 0.1) is 30.7 Å². The monoisotopic (exact) mass is 651 g/mol. The van der Waals surface area contributed by atoms with E-state index in [2.05, 4.69) is 22.2 Å². The number of aryl methyl sites for hydroxylation is 1. The molecule has 2 amide bonds. The van der Waals surface area contributed by atoms with Gasteiger partial charge >= 0.3 is 0 Å². The van der Waals surface area contributed by atoms with Crippen LogP contribution in [0, 0.1) is 11.8 Å². The predicted octanol–water partition coefficient (Wildman–Crippen LogP) is 4.86. The number of aromatic nitrogens is 3. The van der Waals surface area contributed by atoms with Gasteiger partial charge in [0.2, 0.25) is 0 Å². The fraction of sp³-hybridized carbons (Fsp3) is 0.351. The molecule has 2 aliphatic heterocycles. The van der Waals surface area contributed by atoms with Gasteiger partial charge in [0.15, 0.2) is 5.60 Å². The third-order valence-electron chi connectivity index (χ3n) is 9.50. The molecule has 11 nitrogen and oxygen atoms in total. The number of fused-ring (bicyclic) bond motifs is 2. The standard InChI is InChI=1S/C37H41N5O6/c1-6-19-42-30-17-14-26(38-34(44)25-12-15-27(47-5)16-13-25)21-28(30)37(35(42)45)23(2)32(36(3,4)46)31(48-37)18-20-41-22-29(39-40-41)33(43)24-10-8-7-9-11-24/h6-17,21-23,31-33,43,46H,1,18-20H2,2-5H3,(H,38,44)/t23-,31+,32-,33+,37+/m0/s1. The highest BCUT2D eigenvalue weighted by Gasteiger charge is 2.65. The molecule has 3 aromatic carbocycles. The molecule has 0 saturated carbocycles. The van der Waals surface area contributed by atoms with Crippen molar-refractivity contribution in [2.24, 2.45) is 11.8 Å². The summed E-state index contributed by atoms with van der Waals surface area (Å²) in [5.74, 6) is -0.787. The number of amides is 2. The van der Waals surface area contributed by atoms with Crippen LogP contribution >= 0.6 is 0 Å². The van der Waals surface area contributed by atoms with Crippen LogP contribution < -0.4 is 15.0 Å². The number of aliphatic hydroxyl groups is 2. The molecule has 0 aliphatic carbocycles. The van der Waals surface area contributed by atoms with E-state index in [4.69, 9.17) is 9.47 Å². The molecule has 250 valence electrons. The maximum atomic E-state index is 14.4. The van der Waals surface area contributed by atoms with E-state index in [1.165, 1.54) is 0 Å². The van der Waals surface area contributed by atoms with Crippen molar-refractivity contribution < 1.29 is 29.3 Å². The molecule has 0 bridgehead atoms. The smallest absolute Gasteiger partial charge is 0.264 e. The van der Waals surface area contributed by atoms with Crippen LogP contribution in [0.1, 0.15) is 60.5 Å². The Morgan fingerprint density at radius 1 is 1.17 bits per heavy atom. The highest BCUT2D eigenvalue weighted by molar-refractivity contribution is 6.09. The van der Waals surface area contributed by atoms with Crippen molar-refractivity contribution in [1.29, 1.82) is 0 Å². The van der Waals surface area contributed by atoms with Crippen LogP contribution in [-0.4, -0.2) is 62.4 Å². The van der Waals surface area contributed by atoms with Crippen molar-refractivity contribution in [3.63, 3.8) is 0 Å². The van der Waals surface area contributed by atoms with E-state index < -0.39 is 35.2 Å². The molecule has 1 fully saturated rings. The van der Waals surface area contributed by atoms with Gasteiger partial charge in [-0.1, -0.05) is 48.5 Å². The predicted molar refractivity (Wildman–Crippen MR) is 181 cm³/mol. The molecule has 1 aromatic heterocycles. The Bertz CT molecular complexity index is 1800. The molecular formula is C37H41N5O6. The summed E-state index contributed by atoms with van der Waals surface area (Å²) in [7, 11) is 1.56. The van der Waals surface area contributed by atoms with Crippen LogP contribution in [0.15, 0.2) is 91.6 Å². The number of benzene rings is 3. The third-order valence-corrected chi connectivity index (χ3v) is 9.50. The van der Waals surface area contributed by atoms with Crippen molar-refractivity contribution in [3.05, 3.63) is 114 Å². The van der Waals surface area contributed by atoms with E-state index in [1.54, 1.807) is 79.2 Å². The second kappa shape index (κ2) is 13.0. The zero-order chi connectivity index (χ0) is 34.2. The van der Waals surface area contributed by atoms with E-state index in [9.17, 15) is 19.8 Å². The van der Waals surface area contributed by atoms with Crippen LogP contribution in [0.2, 0.25) is 0 Å². The number of carbonyl (C=O) groups excluding carboxylic acids is 2. The summed E-state index contributed by atoms with van der Waals surface area (Å²) in [4.78, 5) is 29.2. The Labute approximate surface area is 279 Å². The number of ether oxygens (including phenoxy) is 2. The molecule has 11 heteroatoms. The molecule has 1 spiro atoms. The molecule has 2 aliphatic rings. The van der Waals surface area contributed by atoms with E-state index in [0.29, 0.717) is 52.5 Å². The van der Waals surface area contributed by atoms with Gasteiger partial charge in [-0.25, -0.2) is 0 Å². The van der Waals surface area contributed by atoms with Crippen molar-refractivity contribution >= 4 is 23.2 Å². The van der Waals surface area contributed by atoms with Crippen molar-refractivity contribution in [2.75, 3.05) is 23.9 Å². The number of rotatable bonds is 11. The Morgan fingerprint density at radius 3 is 2.56 bits per heavy atom. The second-order valence-corrected chi connectivity index (χ2v) is 13.0. The van der Waals surface area contributed by atoms with E-state index in [0.717, 1.165) is 0 Å². The molecule has 3 N–H and O–H groups in total. The number of anilines is 2. The van der Waals surface area contributed by atoms with Gasteiger partial charge in [0, 0.05) is 41.7 Å². The number of hydrogen-bond acceptors (Lipinski definition) is 8. The topological polar surface area (TPSA) is 139 Å². The minimum Gasteiger partial charge on any atom is -0.497 e. The largest absolute Gasteiger partial charge is 0.497 e. The van der Waals surface area contributed by atoms with E-state index in [-0.39, 0.29) is 18.4 Å². The number of nitrogens with one attached hydrogen (secondary N) is 1. The summed E-state index contributed by atoms with van der Waals surface area (Å²) in [6.07, 6.45) is 2.33. The van der Waals surface area contributed by atoms with Crippen LogP contribution in [0.3, 0.4) is 0 Å². The summed E-state index contributed by atoms with van der Waals surface area (Å²) >= 11 is 0. The lowest BCUT2D eigenvalue weighted by molar-refractivity contribution is -0.146. The van der Waals surface area contributed by atoms with Gasteiger partial charge < -0.3 is 29.9 Å². The van der Waals surface area contributed by atoms with Crippen LogP contribution in [0.5, 0.6) is 5.75 Å². The first-order valence-corrected chi connectivity index (χ1v) is 16.0. The Morgan fingerprint density at radius 2 is 1.90 bits per heavy atom. The molecule has 48 heavy (non-hydrogen) atoms. The molecule has 0 unspecified atom stereocenters. The second-order valence-electron chi connectivity index (χ2n) is 13.0. The molecule has 1 saturated heterocycles. The summed E-state index contributed by atoms with van der Waals surface area (Å²) in [6.45, 7) is 9.92. The number of carbonyl (C=O) groups is 2. The highest BCUT2D eigenvalue weighted by Crippen LogP contribution is 2.58. The average Bonchev–Trinajstić information content (AvgIpc) is 3.74. The fourth-order valence-electron chi connectivity index (χ4n) is 7.29. The molecule has 6 rings (SSSR count). The van der Waals surface area contributed by atoms with Crippen LogP contribution in [0.4, 0.5) is 11.4 Å². The first-order chi connectivity index (χ1) is 23.0. The lowest BCUT2D eigenvalue weighted by Gasteiger charge is -2.34. The summed E-state index contributed by atoms with van der Waals surface area (Å²) in [6, 6.07) is 21.4. The van der Waals surface area contributed by atoms with Crippen molar-refractivity contribution in [1.82, 2.24) is 15.0 Å². The minimum absolute atomic E-state index is 0.241. The van der Waals surface area contributed by atoms with Crippen molar-refractivity contribution in [2.45, 2.75) is 57.1 Å². The Kier molecular flexibility index (Phi) is 8.95.